The fourth-order valence-corrected chi connectivity index (χ4v) is 2.17. The van der Waals surface area contributed by atoms with E-state index in [1.54, 1.807) is 30.3 Å². The summed E-state index contributed by atoms with van der Waals surface area (Å²) in [4.78, 5) is 0. The van der Waals surface area contributed by atoms with Crippen LogP contribution in [-0.2, 0) is 0 Å². The van der Waals surface area contributed by atoms with Crippen LogP contribution in [0.3, 0.4) is 0 Å². The summed E-state index contributed by atoms with van der Waals surface area (Å²) < 4.78 is 0.882. The largest absolute Gasteiger partial charge is 0.353 e. The van der Waals surface area contributed by atoms with Gasteiger partial charge in [0.15, 0.2) is 0 Å². The monoisotopic (exact) mass is 340 g/mol. The van der Waals surface area contributed by atoms with E-state index in [2.05, 4.69) is 21.2 Å². The van der Waals surface area contributed by atoms with Crippen LogP contribution in [0, 0.1) is 11.3 Å². The highest BCUT2D eigenvalue weighted by Crippen LogP contribution is 2.32. The molecule has 0 saturated carbocycles. The molecule has 0 heterocycles. The maximum absolute atomic E-state index is 8.77. The standard InChI is InChI=1S/C13H7BrCl2N2/c14-10-3-2-9(15)6-13(10)18-12-4-1-8(7-17)5-11(12)16/h1-6,18H. The number of rotatable bonds is 2. The summed E-state index contributed by atoms with van der Waals surface area (Å²) in [5.74, 6) is 0. The predicted molar refractivity (Wildman–Crippen MR) is 78.6 cm³/mol. The first kappa shape index (κ1) is 13.2. The van der Waals surface area contributed by atoms with E-state index in [1.165, 1.54) is 0 Å². The molecule has 0 aliphatic heterocycles. The normalized spacial score (nSPS) is 9.89. The molecule has 0 atom stereocenters. The summed E-state index contributed by atoms with van der Waals surface area (Å²) in [6.45, 7) is 0. The molecule has 0 unspecified atom stereocenters. The quantitative estimate of drug-likeness (QED) is 0.796. The molecule has 18 heavy (non-hydrogen) atoms. The number of nitrogens with one attached hydrogen (secondary N) is 1. The number of hydrogen-bond acceptors (Lipinski definition) is 2. The Bertz CT molecular complexity index is 635. The van der Waals surface area contributed by atoms with Gasteiger partial charge in [-0.25, -0.2) is 0 Å². The number of halogens is 3. The smallest absolute Gasteiger partial charge is 0.0992 e. The van der Waals surface area contributed by atoms with E-state index in [-0.39, 0.29) is 0 Å². The third-order valence-electron chi connectivity index (χ3n) is 2.30. The van der Waals surface area contributed by atoms with Crippen LogP contribution in [0.4, 0.5) is 11.4 Å². The predicted octanol–water partition coefficient (Wildman–Crippen LogP) is 5.37. The van der Waals surface area contributed by atoms with Crippen molar-refractivity contribution in [1.29, 1.82) is 5.26 Å². The van der Waals surface area contributed by atoms with Gasteiger partial charge >= 0.3 is 0 Å². The minimum atomic E-state index is 0.487. The molecule has 0 aromatic heterocycles. The SMILES string of the molecule is N#Cc1ccc(Nc2cc(Cl)ccc2Br)c(Cl)c1. The zero-order valence-corrected chi connectivity index (χ0v) is 12.1. The maximum Gasteiger partial charge on any atom is 0.0992 e. The molecule has 0 fully saturated rings. The first-order valence-electron chi connectivity index (χ1n) is 5.02. The highest BCUT2D eigenvalue weighted by molar-refractivity contribution is 9.10. The summed E-state index contributed by atoms with van der Waals surface area (Å²) in [5, 5.41) is 13.0. The molecule has 5 heteroatoms. The van der Waals surface area contributed by atoms with Gasteiger partial charge in [0.25, 0.3) is 0 Å². The van der Waals surface area contributed by atoms with Crippen LogP contribution in [0.1, 0.15) is 5.56 Å². The number of nitrogens with zero attached hydrogens (tertiary/aromatic N) is 1. The second-order valence-electron chi connectivity index (χ2n) is 3.56. The lowest BCUT2D eigenvalue weighted by molar-refractivity contribution is 1.47. The zero-order valence-electron chi connectivity index (χ0n) is 9.05. The van der Waals surface area contributed by atoms with Crippen molar-refractivity contribution in [2.45, 2.75) is 0 Å². The average Bonchev–Trinajstić information content (AvgIpc) is 2.36. The molecule has 1 N–H and O–H groups in total. The number of anilines is 2. The van der Waals surface area contributed by atoms with E-state index in [1.807, 2.05) is 12.1 Å². The van der Waals surface area contributed by atoms with Crippen molar-refractivity contribution in [1.82, 2.24) is 0 Å². The van der Waals surface area contributed by atoms with Gasteiger partial charge in [0, 0.05) is 9.50 Å². The Morgan fingerprint density at radius 3 is 2.50 bits per heavy atom. The molecule has 0 amide bonds. The van der Waals surface area contributed by atoms with Crippen LogP contribution in [0.15, 0.2) is 40.9 Å². The summed E-state index contributed by atoms with van der Waals surface area (Å²) >= 11 is 15.4. The first-order valence-corrected chi connectivity index (χ1v) is 6.57. The fraction of sp³-hybridized carbons (Fsp3) is 0. The topological polar surface area (TPSA) is 35.8 Å². The van der Waals surface area contributed by atoms with Crippen molar-refractivity contribution in [3.05, 3.63) is 56.5 Å². The Labute approximate surface area is 123 Å². The van der Waals surface area contributed by atoms with Gasteiger partial charge in [-0.1, -0.05) is 23.2 Å². The Hall–Kier alpha value is -1.21. The summed E-state index contributed by atoms with van der Waals surface area (Å²) in [6, 6.07) is 12.5. The molecular weight excluding hydrogens is 335 g/mol. The molecular formula is C13H7BrCl2N2. The van der Waals surface area contributed by atoms with Crippen LogP contribution in [0.2, 0.25) is 10.0 Å². The maximum atomic E-state index is 8.77. The first-order chi connectivity index (χ1) is 8.60. The number of benzene rings is 2. The van der Waals surface area contributed by atoms with Crippen LogP contribution in [0.25, 0.3) is 0 Å². The van der Waals surface area contributed by atoms with Gasteiger partial charge in [0.05, 0.1) is 28.0 Å². The zero-order chi connectivity index (χ0) is 13.1. The summed E-state index contributed by atoms with van der Waals surface area (Å²) in [5.41, 5.74) is 2.06. The van der Waals surface area contributed by atoms with E-state index in [4.69, 9.17) is 28.5 Å². The van der Waals surface area contributed by atoms with E-state index < -0.39 is 0 Å². The summed E-state index contributed by atoms with van der Waals surface area (Å²) in [6.07, 6.45) is 0. The van der Waals surface area contributed by atoms with Crippen molar-refractivity contribution in [2.75, 3.05) is 5.32 Å². The third kappa shape index (κ3) is 2.97. The molecule has 2 rings (SSSR count). The van der Waals surface area contributed by atoms with Gasteiger partial charge in [0.1, 0.15) is 0 Å². The van der Waals surface area contributed by atoms with Crippen molar-refractivity contribution >= 4 is 50.5 Å². The van der Waals surface area contributed by atoms with E-state index in [9.17, 15) is 0 Å². The Morgan fingerprint density at radius 2 is 1.83 bits per heavy atom. The van der Waals surface area contributed by atoms with Gasteiger partial charge in [-0.05, 0) is 52.3 Å². The van der Waals surface area contributed by atoms with Crippen molar-refractivity contribution in [2.24, 2.45) is 0 Å². The molecule has 0 radical (unpaired) electrons. The Kier molecular flexibility index (Phi) is 4.13. The molecule has 0 saturated heterocycles. The minimum absolute atomic E-state index is 0.487. The lowest BCUT2D eigenvalue weighted by Crippen LogP contribution is -1.92. The average molecular weight is 342 g/mol. The van der Waals surface area contributed by atoms with Crippen LogP contribution in [0.5, 0.6) is 0 Å². The number of hydrogen-bond donors (Lipinski definition) is 1. The summed E-state index contributed by atoms with van der Waals surface area (Å²) in [7, 11) is 0. The van der Waals surface area contributed by atoms with Gasteiger partial charge in [-0.15, -0.1) is 0 Å². The van der Waals surface area contributed by atoms with Crippen LogP contribution < -0.4 is 5.32 Å². The van der Waals surface area contributed by atoms with Crippen molar-refractivity contribution in [3.63, 3.8) is 0 Å². The lowest BCUT2D eigenvalue weighted by Gasteiger charge is -2.10. The minimum Gasteiger partial charge on any atom is -0.353 e. The molecule has 0 aliphatic rings. The third-order valence-corrected chi connectivity index (χ3v) is 3.54. The van der Waals surface area contributed by atoms with Gasteiger partial charge in [-0.3, -0.25) is 0 Å². The molecule has 0 bridgehead atoms. The molecule has 2 aromatic carbocycles. The van der Waals surface area contributed by atoms with Gasteiger partial charge < -0.3 is 5.32 Å². The number of nitriles is 1. The Balaban J connectivity index is 2.34. The Morgan fingerprint density at radius 1 is 1.06 bits per heavy atom. The lowest BCUT2D eigenvalue weighted by atomic mass is 10.2. The fourth-order valence-electron chi connectivity index (χ4n) is 1.42. The highest BCUT2D eigenvalue weighted by Gasteiger charge is 2.05. The molecule has 90 valence electrons. The van der Waals surface area contributed by atoms with Crippen LogP contribution >= 0.6 is 39.1 Å². The molecule has 2 nitrogen and oxygen atoms in total. The van der Waals surface area contributed by atoms with Gasteiger partial charge in [0.2, 0.25) is 0 Å². The van der Waals surface area contributed by atoms with E-state index in [0.717, 1.165) is 15.8 Å². The van der Waals surface area contributed by atoms with E-state index in [0.29, 0.717) is 15.6 Å². The van der Waals surface area contributed by atoms with Crippen molar-refractivity contribution in [3.8, 4) is 6.07 Å². The van der Waals surface area contributed by atoms with Crippen molar-refractivity contribution < 1.29 is 0 Å². The molecule has 0 spiro atoms. The molecule has 0 aliphatic carbocycles. The van der Waals surface area contributed by atoms with Crippen LogP contribution in [-0.4, -0.2) is 0 Å². The second kappa shape index (κ2) is 5.62. The second-order valence-corrected chi connectivity index (χ2v) is 5.25. The highest BCUT2D eigenvalue weighted by atomic mass is 79.9. The van der Waals surface area contributed by atoms with E-state index >= 15 is 0 Å². The molecule has 2 aromatic rings. The van der Waals surface area contributed by atoms with Gasteiger partial charge in [-0.2, -0.15) is 5.26 Å².